The predicted octanol–water partition coefficient (Wildman–Crippen LogP) is 2.10. The van der Waals surface area contributed by atoms with E-state index in [0.717, 1.165) is 6.08 Å². The van der Waals surface area contributed by atoms with Crippen molar-refractivity contribution in [2.75, 3.05) is 13.7 Å². The second kappa shape index (κ2) is 6.39. The Morgan fingerprint density at radius 3 is 2.68 bits per heavy atom. The molecule has 0 radical (unpaired) electrons. The van der Waals surface area contributed by atoms with Crippen LogP contribution in [0.1, 0.15) is 12.5 Å². The molecule has 0 fully saturated rings. The van der Waals surface area contributed by atoms with Crippen molar-refractivity contribution in [2.45, 2.75) is 6.92 Å². The van der Waals surface area contributed by atoms with Crippen molar-refractivity contribution in [3.8, 4) is 11.5 Å². The molecule has 0 aliphatic heterocycles. The number of benzene rings is 1. The first kappa shape index (κ1) is 14.5. The third-order valence-corrected chi connectivity index (χ3v) is 2.18. The van der Waals surface area contributed by atoms with Gasteiger partial charge in [0, 0.05) is 12.1 Å². The molecular weight excluding hydrogens is 254 g/mol. The van der Waals surface area contributed by atoms with Gasteiger partial charge in [-0.05, 0) is 24.6 Å². The molecule has 0 unspecified atom stereocenters. The zero-order valence-electron chi connectivity index (χ0n) is 10.5. The van der Waals surface area contributed by atoms with E-state index in [2.05, 4.69) is 0 Å². The molecule has 19 heavy (non-hydrogen) atoms. The van der Waals surface area contributed by atoms with Gasteiger partial charge in [0.15, 0.2) is 5.75 Å². The zero-order valence-corrected chi connectivity index (χ0v) is 10.5. The van der Waals surface area contributed by atoms with Crippen LogP contribution in [0, 0.1) is 10.1 Å². The number of nitrogens with zero attached hydrogens (tertiary/aromatic N) is 1. The summed E-state index contributed by atoms with van der Waals surface area (Å²) in [6.07, 6.45) is 2.14. The number of carboxylic acids is 1. The molecule has 0 spiro atoms. The van der Waals surface area contributed by atoms with Gasteiger partial charge in [-0.15, -0.1) is 0 Å². The number of hydrogen-bond donors (Lipinski definition) is 1. The average molecular weight is 267 g/mol. The number of rotatable bonds is 6. The number of nitro groups is 1. The van der Waals surface area contributed by atoms with Crippen LogP contribution in [-0.4, -0.2) is 29.7 Å². The number of carboxylic acid groups (broad SMARTS) is 1. The second-order valence-corrected chi connectivity index (χ2v) is 3.43. The molecular formula is C12H13NO6. The van der Waals surface area contributed by atoms with Gasteiger partial charge in [-0.3, -0.25) is 10.1 Å². The van der Waals surface area contributed by atoms with Crippen molar-refractivity contribution in [1.29, 1.82) is 0 Å². The van der Waals surface area contributed by atoms with Crippen molar-refractivity contribution in [1.82, 2.24) is 0 Å². The number of nitro benzene ring substituents is 1. The maximum atomic E-state index is 11.0. The highest BCUT2D eigenvalue weighted by atomic mass is 16.6. The summed E-state index contributed by atoms with van der Waals surface area (Å²) in [7, 11) is 1.30. The van der Waals surface area contributed by atoms with Gasteiger partial charge in [-0.2, -0.15) is 0 Å². The lowest BCUT2D eigenvalue weighted by Gasteiger charge is -2.10. The van der Waals surface area contributed by atoms with Gasteiger partial charge in [-0.1, -0.05) is 0 Å². The normalized spacial score (nSPS) is 10.4. The van der Waals surface area contributed by atoms with E-state index in [-0.39, 0.29) is 17.2 Å². The molecule has 0 heterocycles. The first-order valence-electron chi connectivity index (χ1n) is 5.39. The van der Waals surface area contributed by atoms with Crippen LogP contribution in [0.3, 0.4) is 0 Å². The van der Waals surface area contributed by atoms with E-state index < -0.39 is 10.9 Å². The first-order chi connectivity index (χ1) is 8.99. The molecule has 0 atom stereocenters. The standard InChI is InChI=1S/C12H13NO6/c1-3-19-10-7-8(4-5-11(14)15)6-9(13(16)17)12(10)18-2/h4-7H,3H2,1-2H3,(H,14,15)/b5-4+. The van der Waals surface area contributed by atoms with E-state index in [1.165, 1.54) is 25.3 Å². The van der Waals surface area contributed by atoms with Crippen LogP contribution in [-0.2, 0) is 4.79 Å². The molecule has 0 aromatic heterocycles. The summed E-state index contributed by atoms with van der Waals surface area (Å²) in [6, 6.07) is 2.70. The summed E-state index contributed by atoms with van der Waals surface area (Å²) in [6.45, 7) is 2.03. The van der Waals surface area contributed by atoms with Crippen molar-refractivity contribution in [2.24, 2.45) is 0 Å². The van der Waals surface area contributed by atoms with Crippen LogP contribution in [0.25, 0.3) is 6.08 Å². The van der Waals surface area contributed by atoms with Crippen LogP contribution >= 0.6 is 0 Å². The molecule has 0 bridgehead atoms. The predicted molar refractivity (Wildman–Crippen MR) is 67.5 cm³/mol. The summed E-state index contributed by atoms with van der Waals surface area (Å²) in [5, 5.41) is 19.5. The minimum absolute atomic E-state index is 0.0133. The minimum atomic E-state index is -1.14. The first-order valence-corrected chi connectivity index (χ1v) is 5.39. The summed E-state index contributed by atoms with van der Waals surface area (Å²) < 4.78 is 10.2. The van der Waals surface area contributed by atoms with Gasteiger partial charge in [0.05, 0.1) is 18.6 Å². The molecule has 102 valence electrons. The SMILES string of the molecule is CCOc1cc(/C=C/C(=O)O)cc([N+](=O)[O-])c1OC. The Kier molecular flexibility index (Phi) is 4.87. The Hall–Kier alpha value is -2.57. The number of methoxy groups -OCH3 is 1. The molecule has 0 saturated heterocycles. The molecule has 0 amide bonds. The minimum Gasteiger partial charge on any atom is -0.490 e. The van der Waals surface area contributed by atoms with Crippen LogP contribution in [0.2, 0.25) is 0 Å². The number of hydrogen-bond acceptors (Lipinski definition) is 5. The van der Waals surface area contributed by atoms with Gasteiger partial charge in [0.2, 0.25) is 5.75 Å². The number of aliphatic carboxylic acids is 1. The topological polar surface area (TPSA) is 98.9 Å². The monoisotopic (exact) mass is 267 g/mol. The summed E-state index contributed by atoms with van der Waals surface area (Å²) in [4.78, 5) is 20.8. The molecule has 1 aromatic carbocycles. The average Bonchev–Trinajstić information content (AvgIpc) is 2.36. The highest BCUT2D eigenvalue weighted by molar-refractivity contribution is 5.85. The third-order valence-electron chi connectivity index (χ3n) is 2.18. The fourth-order valence-electron chi connectivity index (χ4n) is 1.48. The Labute approximate surface area is 109 Å². The van der Waals surface area contributed by atoms with E-state index in [0.29, 0.717) is 12.2 Å². The van der Waals surface area contributed by atoms with Crippen LogP contribution < -0.4 is 9.47 Å². The van der Waals surface area contributed by atoms with Crippen molar-refractivity contribution < 1.29 is 24.3 Å². The van der Waals surface area contributed by atoms with Crippen LogP contribution in [0.5, 0.6) is 11.5 Å². The van der Waals surface area contributed by atoms with E-state index >= 15 is 0 Å². The summed E-state index contributed by atoms with van der Waals surface area (Å²) >= 11 is 0. The highest BCUT2D eigenvalue weighted by Gasteiger charge is 2.21. The van der Waals surface area contributed by atoms with Gasteiger partial charge < -0.3 is 14.6 Å². The molecule has 0 aliphatic carbocycles. The Morgan fingerprint density at radius 2 is 2.21 bits per heavy atom. The van der Waals surface area contributed by atoms with Crippen molar-refractivity contribution in [3.63, 3.8) is 0 Å². The van der Waals surface area contributed by atoms with Crippen LogP contribution in [0.15, 0.2) is 18.2 Å². The second-order valence-electron chi connectivity index (χ2n) is 3.43. The summed E-state index contributed by atoms with van der Waals surface area (Å²) in [5.74, 6) is -0.931. The maximum Gasteiger partial charge on any atom is 0.328 e. The smallest absolute Gasteiger partial charge is 0.328 e. The van der Waals surface area contributed by atoms with Crippen molar-refractivity contribution in [3.05, 3.63) is 33.9 Å². The molecule has 7 nitrogen and oxygen atoms in total. The van der Waals surface area contributed by atoms with Gasteiger partial charge >= 0.3 is 11.7 Å². The molecule has 1 aromatic rings. The number of ether oxygens (including phenoxy) is 2. The number of carbonyl (C=O) groups is 1. The molecule has 7 heteroatoms. The van der Waals surface area contributed by atoms with Gasteiger partial charge in [0.25, 0.3) is 0 Å². The zero-order chi connectivity index (χ0) is 14.4. The molecule has 1 rings (SSSR count). The van der Waals surface area contributed by atoms with E-state index in [4.69, 9.17) is 14.6 Å². The molecule has 0 aliphatic rings. The van der Waals surface area contributed by atoms with E-state index in [1.54, 1.807) is 6.92 Å². The Balaban J connectivity index is 3.36. The third kappa shape index (κ3) is 3.70. The van der Waals surface area contributed by atoms with Gasteiger partial charge in [0.1, 0.15) is 0 Å². The van der Waals surface area contributed by atoms with Crippen molar-refractivity contribution >= 4 is 17.7 Å². The Bertz CT molecular complexity index is 523. The largest absolute Gasteiger partial charge is 0.490 e. The molecule has 1 N–H and O–H groups in total. The lowest BCUT2D eigenvalue weighted by Crippen LogP contribution is -2.00. The lowest BCUT2D eigenvalue weighted by molar-refractivity contribution is -0.385. The van der Waals surface area contributed by atoms with Gasteiger partial charge in [-0.25, -0.2) is 4.79 Å². The summed E-state index contributed by atoms with van der Waals surface area (Å²) in [5.41, 5.74) is 0.0665. The fraction of sp³-hybridized carbons (Fsp3) is 0.250. The van der Waals surface area contributed by atoms with E-state index in [1.807, 2.05) is 0 Å². The van der Waals surface area contributed by atoms with E-state index in [9.17, 15) is 14.9 Å². The Morgan fingerprint density at radius 1 is 1.53 bits per heavy atom. The maximum absolute atomic E-state index is 11.0. The quantitative estimate of drug-likeness (QED) is 0.481. The fourth-order valence-corrected chi connectivity index (χ4v) is 1.48. The molecule has 0 saturated carbocycles. The lowest BCUT2D eigenvalue weighted by atomic mass is 10.1. The highest BCUT2D eigenvalue weighted by Crippen LogP contribution is 2.38. The van der Waals surface area contributed by atoms with Crippen LogP contribution in [0.4, 0.5) is 5.69 Å².